The van der Waals surface area contributed by atoms with Gasteiger partial charge >= 0.3 is 6.18 Å². The second kappa shape index (κ2) is 8.56. The number of rotatable bonds is 4. The lowest BCUT2D eigenvalue weighted by Crippen LogP contribution is -2.50. The van der Waals surface area contributed by atoms with Crippen LogP contribution in [0.3, 0.4) is 0 Å². The lowest BCUT2D eigenvalue weighted by atomic mass is 9.98. The molecule has 0 atom stereocenters. The predicted octanol–water partition coefficient (Wildman–Crippen LogP) is 2.33. The minimum atomic E-state index is -4.96. The highest BCUT2D eigenvalue weighted by atomic mass is 32.2. The third kappa shape index (κ3) is 4.98. The van der Waals surface area contributed by atoms with Crippen LogP contribution >= 0.6 is 0 Å². The number of sulfonamides is 1. The van der Waals surface area contributed by atoms with E-state index in [4.69, 9.17) is 0 Å². The summed E-state index contributed by atoms with van der Waals surface area (Å²) in [6, 6.07) is 10.1. The molecule has 0 saturated carbocycles. The van der Waals surface area contributed by atoms with Gasteiger partial charge in [-0.05, 0) is 42.2 Å². The SMILES string of the molecule is N#Cc1ccccc1-c1ccc(S(=O)(=O)NC2CCN(C(=O)[O-])CC2)c(C(F)(F)F)c1. The van der Waals surface area contributed by atoms with E-state index < -0.39 is 38.8 Å². The van der Waals surface area contributed by atoms with Gasteiger partial charge in [0.15, 0.2) is 0 Å². The van der Waals surface area contributed by atoms with Crippen LogP contribution in [0.4, 0.5) is 18.0 Å². The molecular formula is C20H17F3N3O4S-. The van der Waals surface area contributed by atoms with Crippen LogP contribution in [-0.2, 0) is 16.2 Å². The molecule has 1 heterocycles. The average Bonchev–Trinajstić information content (AvgIpc) is 2.72. The van der Waals surface area contributed by atoms with Crippen molar-refractivity contribution in [1.82, 2.24) is 9.62 Å². The van der Waals surface area contributed by atoms with E-state index >= 15 is 0 Å². The molecule has 1 aliphatic rings. The molecule has 1 aliphatic heterocycles. The molecule has 31 heavy (non-hydrogen) atoms. The number of likely N-dealkylation sites (tertiary alicyclic amines) is 1. The van der Waals surface area contributed by atoms with E-state index in [0.717, 1.165) is 11.0 Å². The number of nitriles is 1. The van der Waals surface area contributed by atoms with Crippen LogP contribution in [0, 0.1) is 11.3 Å². The van der Waals surface area contributed by atoms with Crippen molar-refractivity contribution in [3.05, 3.63) is 53.6 Å². The molecule has 0 bridgehead atoms. The molecule has 0 aliphatic carbocycles. The van der Waals surface area contributed by atoms with Gasteiger partial charge in [0.25, 0.3) is 0 Å². The van der Waals surface area contributed by atoms with E-state index in [1.807, 2.05) is 6.07 Å². The zero-order valence-corrected chi connectivity index (χ0v) is 16.8. The number of benzene rings is 2. The van der Waals surface area contributed by atoms with Gasteiger partial charge in [-0.25, -0.2) is 13.1 Å². The van der Waals surface area contributed by atoms with Gasteiger partial charge in [-0.15, -0.1) is 0 Å². The second-order valence-electron chi connectivity index (χ2n) is 7.01. The molecule has 2 aromatic carbocycles. The Morgan fingerprint density at radius 1 is 1.16 bits per heavy atom. The molecular weight excluding hydrogens is 435 g/mol. The van der Waals surface area contributed by atoms with Gasteiger partial charge in [-0.3, -0.25) is 0 Å². The summed E-state index contributed by atoms with van der Waals surface area (Å²) in [4.78, 5) is 10.9. The number of hydrogen-bond acceptors (Lipinski definition) is 5. The molecule has 3 rings (SSSR count). The Bertz CT molecular complexity index is 1140. The summed E-state index contributed by atoms with van der Waals surface area (Å²) in [5, 5.41) is 20.1. The molecule has 1 fully saturated rings. The number of carbonyl (C=O) groups is 1. The molecule has 0 unspecified atom stereocenters. The summed E-state index contributed by atoms with van der Waals surface area (Å²) < 4.78 is 69.0. The zero-order valence-electron chi connectivity index (χ0n) is 16.0. The van der Waals surface area contributed by atoms with Crippen LogP contribution in [0.25, 0.3) is 11.1 Å². The average molecular weight is 452 g/mol. The standard InChI is InChI=1S/C20H18F3N3O4S/c21-20(22,23)17-11-13(16-4-2-1-3-14(16)12-24)5-6-18(17)31(29,30)25-15-7-9-26(10-8-15)19(27)28/h1-6,11,15,25H,7-10H2,(H,27,28)/p-1. The first kappa shape index (κ1) is 22.6. The highest BCUT2D eigenvalue weighted by molar-refractivity contribution is 7.89. The maximum absolute atomic E-state index is 13.7. The molecule has 7 nitrogen and oxygen atoms in total. The minimum absolute atomic E-state index is 0.0194. The van der Waals surface area contributed by atoms with Gasteiger partial charge in [0.05, 0.1) is 22.1 Å². The number of carboxylic acid groups (broad SMARTS) is 1. The van der Waals surface area contributed by atoms with Crippen molar-refractivity contribution in [2.75, 3.05) is 13.1 Å². The van der Waals surface area contributed by atoms with Crippen molar-refractivity contribution < 1.29 is 31.5 Å². The van der Waals surface area contributed by atoms with E-state index in [1.165, 1.54) is 18.2 Å². The van der Waals surface area contributed by atoms with Crippen molar-refractivity contribution in [3.8, 4) is 17.2 Å². The summed E-state index contributed by atoms with van der Waals surface area (Å²) in [6.07, 6.45) is -6.11. The van der Waals surface area contributed by atoms with Crippen molar-refractivity contribution in [1.29, 1.82) is 5.26 Å². The number of amides is 1. The van der Waals surface area contributed by atoms with Crippen molar-refractivity contribution >= 4 is 16.1 Å². The molecule has 2 aromatic rings. The van der Waals surface area contributed by atoms with Crippen molar-refractivity contribution in [3.63, 3.8) is 0 Å². The van der Waals surface area contributed by atoms with Crippen LogP contribution in [0.5, 0.6) is 0 Å². The molecule has 0 spiro atoms. The number of nitrogens with zero attached hydrogens (tertiary/aromatic N) is 2. The Morgan fingerprint density at radius 3 is 2.39 bits per heavy atom. The molecule has 1 N–H and O–H groups in total. The highest BCUT2D eigenvalue weighted by Crippen LogP contribution is 2.37. The summed E-state index contributed by atoms with van der Waals surface area (Å²) in [5.74, 6) is 0. The van der Waals surface area contributed by atoms with Crippen LogP contribution < -0.4 is 9.83 Å². The maximum atomic E-state index is 13.7. The minimum Gasteiger partial charge on any atom is -0.530 e. The Kier molecular flexibility index (Phi) is 6.24. The molecule has 164 valence electrons. The molecule has 11 heteroatoms. The largest absolute Gasteiger partial charge is 0.530 e. The van der Waals surface area contributed by atoms with E-state index in [-0.39, 0.29) is 42.6 Å². The number of carbonyl (C=O) groups excluding carboxylic acids is 1. The first-order valence-corrected chi connectivity index (χ1v) is 10.7. The maximum Gasteiger partial charge on any atom is 0.417 e. The van der Waals surface area contributed by atoms with E-state index in [9.17, 15) is 36.8 Å². The van der Waals surface area contributed by atoms with Gasteiger partial charge < -0.3 is 14.8 Å². The van der Waals surface area contributed by atoms with E-state index in [2.05, 4.69) is 4.72 Å². The third-order valence-electron chi connectivity index (χ3n) is 5.01. The van der Waals surface area contributed by atoms with Crippen LogP contribution in [0.15, 0.2) is 47.4 Å². The molecule has 0 aromatic heterocycles. The number of piperidine rings is 1. The second-order valence-corrected chi connectivity index (χ2v) is 8.70. The van der Waals surface area contributed by atoms with Gasteiger partial charge in [0.2, 0.25) is 10.0 Å². The fourth-order valence-corrected chi connectivity index (χ4v) is 4.96. The van der Waals surface area contributed by atoms with Crippen LogP contribution in [-0.4, -0.2) is 38.5 Å². The molecule has 1 saturated heterocycles. The smallest absolute Gasteiger partial charge is 0.417 e. The highest BCUT2D eigenvalue weighted by Gasteiger charge is 2.38. The zero-order chi connectivity index (χ0) is 22.8. The Balaban J connectivity index is 1.95. The summed E-state index contributed by atoms with van der Waals surface area (Å²) >= 11 is 0. The van der Waals surface area contributed by atoms with Crippen LogP contribution in [0.1, 0.15) is 24.0 Å². The third-order valence-corrected chi connectivity index (χ3v) is 6.59. The first-order valence-electron chi connectivity index (χ1n) is 9.22. The molecule has 0 radical (unpaired) electrons. The predicted molar refractivity (Wildman–Crippen MR) is 102 cm³/mol. The summed E-state index contributed by atoms with van der Waals surface area (Å²) in [7, 11) is -4.54. The fraction of sp³-hybridized carbons (Fsp3) is 0.300. The lowest BCUT2D eigenvalue weighted by molar-refractivity contribution is -0.266. The Labute approximate surface area is 176 Å². The van der Waals surface area contributed by atoms with Gasteiger partial charge in [-0.1, -0.05) is 24.3 Å². The van der Waals surface area contributed by atoms with Crippen molar-refractivity contribution in [2.45, 2.75) is 30.0 Å². The van der Waals surface area contributed by atoms with Gasteiger partial charge in [0.1, 0.15) is 6.09 Å². The van der Waals surface area contributed by atoms with Crippen molar-refractivity contribution in [2.24, 2.45) is 0 Å². The lowest BCUT2D eigenvalue weighted by Gasteiger charge is -2.33. The topological polar surface area (TPSA) is 113 Å². The van der Waals surface area contributed by atoms with Gasteiger partial charge in [-0.2, -0.15) is 18.4 Å². The van der Waals surface area contributed by atoms with E-state index in [0.29, 0.717) is 6.07 Å². The Hall–Kier alpha value is -3.10. The van der Waals surface area contributed by atoms with Gasteiger partial charge in [0, 0.05) is 19.1 Å². The number of halogens is 3. The first-order chi connectivity index (χ1) is 14.5. The quantitative estimate of drug-likeness (QED) is 0.765. The van der Waals surface area contributed by atoms with E-state index in [1.54, 1.807) is 12.1 Å². The number of nitrogens with one attached hydrogen (secondary N) is 1. The number of alkyl halides is 3. The monoisotopic (exact) mass is 452 g/mol. The number of hydrogen-bond donors (Lipinski definition) is 1. The van der Waals surface area contributed by atoms with Crippen LogP contribution in [0.2, 0.25) is 0 Å². The fourth-order valence-electron chi connectivity index (χ4n) is 3.45. The Morgan fingerprint density at radius 2 is 1.81 bits per heavy atom. The summed E-state index contributed by atoms with van der Waals surface area (Å²) in [5.41, 5.74) is -0.880. The summed E-state index contributed by atoms with van der Waals surface area (Å²) in [6.45, 7) is 0.0387. The normalized spacial score (nSPS) is 15.5. The molecule has 1 amide bonds.